The van der Waals surface area contributed by atoms with Crippen LogP contribution >= 0.6 is 0 Å². The van der Waals surface area contributed by atoms with E-state index in [1.165, 1.54) is 35.1 Å². The molecule has 32 heavy (non-hydrogen) atoms. The predicted molar refractivity (Wildman–Crippen MR) is 123 cm³/mol. The van der Waals surface area contributed by atoms with Crippen LogP contribution in [0.1, 0.15) is 62.4 Å². The van der Waals surface area contributed by atoms with Gasteiger partial charge in [0.1, 0.15) is 12.2 Å². The summed E-state index contributed by atoms with van der Waals surface area (Å²) in [5.74, 6) is 1.03. The quantitative estimate of drug-likeness (QED) is 0.672. The third-order valence-electron chi connectivity index (χ3n) is 7.55. The van der Waals surface area contributed by atoms with Crippen LogP contribution in [-0.2, 0) is 37.4 Å². The van der Waals surface area contributed by atoms with E-state index < -0.39 is 16.7 Å². The van der Waals surface area contributed by atoms with E-state index in [1.54, 1.807) is 4.57 Å². The summed E-state index contributed by atoms with van der Waals surface area (Å²) in [6, 6.07) is 8.78. The molecule has 2 aliphatic heterocycles. The second-order valence-electron chi connectivity index (χ2n) is 9.90. The smallest absolute Gasteiger partial charge is 0.332 e. The summed E-state index contributed by atoms with van der Waals surface area (Å²) in [6.45, 7) is 5.98. The number of hydrogen-bond acceptors (Lipinski definition) is 5. The van der Waals surface area contributed by atoms with Crippen LogP contribution < -0.4 is 11.1 Å². The minimum atomic E-state index is -0.484. The Morgan fingerprint density at radius 1 is 1.03 bits per heavy atom. The fraction of sp³-hybridized carbons (Fsp3) is 0.640. The molecule has 3 aliphatic rings. The molecule has 5 rings (SSSR count). The van der Waals surface area contributed by atoms with Crippen LogP contribution in [0, 0.1) is 5.92 Å². The van der Waals surface area contributed by atoms with Crippen molar-refractivity contribution in [2.45, 2.75) is 83.7 Å². The number of hydrogen-bond donors (Lipinski definition) is 0. The first-order chi connectivity index (χ1) is 15.5. The lowest BCUT2D eigenvalue weighted by Crippen LogP contribution is -2.53. The van der Waals surface area contributed by atoms with Crippen LogP contribution in [0.4, 0.5) is 0 Å². The largest absolute Gasteiger partial charge is 0.364 e. The Kier molecular flexibility index (Phi) is 6.03. The molecule has 0 unspecified atom stereocenters. The van der Waals surface area contributed by atoms with E-state index >= 15 is 0 Å². The Morgan fingerprint density at radius 3 is 2.53 bits per heavy atom. The molecule has 7 heteroatoms. The average Bonchev–Trinajstić information content (AvgIpc) is 3.21. The first-order valence-electron chi connectivity index (χ1n) is 12.2. The number of fused-ring (bicyclic) bond motifs is 1. The van der Waals surface area contributed by atoms with Gasteiger partial charge in [0.2, 0.25) is 0 Å². The molecule has 2 aromatic rings. The Morgan fingerprint density at radius 2 is 1.78 bits per heavy atom. The predicted octanol–water partition coefficient (Wildman–Crippen LogP) is 2.72. The van der Waals surface area contributed by atoms with Gasteiger partial charge in [0.25, 0.3) is 0 Å². The van der Waals surface area contributed by atoms with Crippen molar-refractivity contribution in [1.29, 1.82) is 0 Å². The van der Waals surface area contributed by atoms with Crippen LogP contribution in [0.2, 0.25) is 0 Å². The Labute approximate surface area is 189 Å². The molecule has 1 spiro atoms. The second-order valence-corrected chi connectivity index (χ2v) is 9.90. The Balaban J connectivity index is 1.29. The topological polar surface area (TPSA) is 69.4 Å². The minimum absolute atomic E-state index is 0.291. The number of aromatic nitrogens is 3. The normalized spacial score (nSPS) is 24.2. The maximum Gasteiger partial charge on any atom is 0.332 e. The molecule has 3 heterocycles. The van der Waals surface area contributed by atoms with Gasteiger partial charge in [-0.15, -0.1) is 0 Å². The van der Waals surface area contributed by atoms with Gasteiger partial charge in [-0.1, -0.05) is 50.5 Å². The first-order valence-corrected chi connectivity index (χ1v) is 12.2. The van der Waals surface area contributed by atoms with Crippen molar-refractivity contribution in [2.75, 3.05) is 13.1 Å². The van der Waals surface area contributed by atoms with Crippen molar-refractivity contribution in [3.05, 3.63) is 61.9 Å². The maximum atomic E-state index is 13.0. The maximum absolute atomic E-state index is 13.0. The molecule has 1 saturated heterocycles. The van der Waals surface area contributed by atoms with Crippen LogP contribution in [0.5, 0.6) is 0 Å². The number of nitrogens with zero attached hydrogens (tertiary/aromatic N) is 4. The highest BCUT2D eigenvalue weighted by atomic mass is 16.5. The minimum Gasteiger partial charge on any atom is -0.364 e. The lowest BCUT2D eigenvalue weighted by Gasteiger charge is -2.35. The lowest BCUT2D eigenvalue weighted by molar-refractivity contribution is -0.0860. The van der Waals surface area contributed by atoms with Gasteiger partial charge in [0, 0.05) is 26.2 Å². The van der Waals surface area contributed by atoms with E-state index in [4.69, 9.17) is 4.74 Å². The molecule has 172 valence electrons. The first kappa shape index (κ1) is 21.6. The zero-order chi connectivity index (χ0) is 22.1. The van der Waals surface area contributed by atoms with Crippen molar-refractivity contribution < 1.29 is 4.74 Å². The summed E-state index contributed by atoms with van der Waals surface area (Å²) in [5, 5.41) is 4.55. The van der Waals surface area contributed by atoms with Crippen molar-refractivity contribution >= 4 is 0 Å². The third kappa shape index (κ3) is 4.33. The van der Waals surface area contributed by atoms with E-state index in [-0.39, 0.29) is 0 Å². The van der Waals surface area contributed by atoms with E-state index in [0.717, 1.165) is 45.3 Å². The average molecular weight is 439 g/mol. The van der Waals surface area contributed by atoms with Crippen LogP contribution in [0.3, 0.4) is 0 Å². The lowest BCUT2D eigenvalue weighted by atomic mass is 9.89. The Bertz CT molecular complexity index is 1070. The highest BCUT2D eigenvalue weighted by molar-refractivity contribution is 5.22. The number of rotatable bonds is 5. The fourth-order valence-corrected chi connectivity index (χ4v) is 5.59. The van der Waals surface area contributed by atoms with E-state index in [9.17, 15) is 9.59 Å². The monoisotopic (exact) mass is 438 g/mol. The molecule has 0 radical (unpaired) electrons. The van der Waals surface area contributed by atoms with Gasteiger partial charge < -0.3 is 4.74 Å². The van der Waals surface area contributed by atoms with Crippen molar-refractivity contribution in [3.8, 4) is 0 Å². The summed E-state index contributed by atoms with van der Waals surface area (Å²) < 4.78 is 9.31. The van der Waals surface area contributed by atoms with Crippen molar-refractivity contribution in [2.24, 2.45) is 5.92 Å². The molecule has 1 saturated carbocycles. The van der Waals surface area contributed by atoms with E-state index in [2.05, 4.69) is 41.2 Å². The standard InChI is InChI=1S/C25H34N4O3/c1-2-19-8-10-21(11-9-19)14-27-13-12-25(17-27)18-28-22(16-32-25)26-29(24(31)23(28)30)15-20-6-4-3-5-7-20/h8-11,20H,2-7,12-18H2,1H3/t25-/m0/s1. The van der Waals surface area contributed by atoms with Crippen LogP contribution in [0.15, 0.2) is 33.9 Å². The molecule has 0 amide bonds. The van der Waals surface area contributed by atoms with Gasteiger partial charge in [-0.3, -0.25) is 19.1 Å². The van der Waals surface area contributed by atoms with Crippen molar-refractivity contribution in [1.82, 2.24) is 19.2 Å². The molecule has 1 aromatic heterocycles. The molecule has 7 nitrogen and oxygen atoms in total. The number of aryl methyl sites for hydroxylation is 1. The third-order valence-corrected chi connectivity index (χ3v) is 7.55. The molecular formula is C25H34N4O3. The van der Waals surface area contributed by atoms with Gasteiger partial charge >= 0.3 is 11.1 Å². The Hall–Kier alpha value is -2.25. The summed E-state index contributed by atoms with van der Waals surface area (Å²) in [4.78, 5) is 28.1. The van der Waals surface area contributed by atoms with Crippen LogP contribution in [0.25, 0.3) is 0 Å². The van der Waals surface area contributed by atoms with Gasteiger partial charge in [-0.25, -0.2) is 4.68 Å². The molecule has 1 atom stereocenters. The number of ether oxygens (including phenoxy) is 1. The number of benzene rings is 1. The summed E-state index contributed by atoms with van der Waals surface area (Å²) >= 11 is 0. The van der Waals surface area contributed by atoms with Crippen molar-refractivity contribution in [3.63, 3.8) is 0 Å². The van der Waals surface area contributed by atoms with Gasteiger partial charge in [0.15, 0.2) is 5.82 Å². The summed E-state index contributed by atoms with van der Waals surface area (Å²) in [7, 11) is 0. The molecule has 1 aromatic carbocycles. The van der Waals surface area contributed by atoms with Gasteiger partial charge in [-0.05, 0) is 42.7 Å². The highest BCUT2D eigenvalue weighted by Gasteiger charge is 2.43. The molecule has 1 aliphatic carbocycles. The van der Waals surface area contributed by atoms with E-state index in [0.29, 0.717) is 31.4 Å². The second kappa shape index (κ2) is 8.94. The summed E-state index contributed by atoms with van der Waals surface area (Å²) in [5.41, 5.74) is 1.30. The number of likely N-dealkylation sites (tertiary alicyclic amines) is 1. The highest BCUT2D eigenvalue weighted by Crippen LogP contribution is 2.32. The molecule has 0 bridgehead atoms. The zero-order valence-corrected chi connectivity index (χ0v) is 19.1. The fourth-order valence-electron chi connectivity index (χ4n) is 5.59. The van der Waals surface area contributed by atoms with Gasteiger partial charge in [0.05, 0.1) is 6.54 Å². The summed E-state index contributed by atoms with van der Waals surface area (Å²) in [6.07, 6.45) is 7.81. The van der Waals surface area contributed by atoms with Crippen LogP contribution in [-0.4, -0.2) is 37.9 Å². The zero-order valence-electron chi connectivity index (χ0n) is 19.1. The molecule has 0 N–H and O–H groups in total. The SMILES string of the molecule is CCc1ccc(CN2CC[C@]3(C2)Cn2c(nn(CC4CCCCC4)c(=O)c2=O)CO3)cc1. The van der Waals surface area contributed by atoms with Gasteiger partial charge in [-0.2, -0.15) is 5.10 Å². The van der Waals surface area contributed by atoms with E-state index in [1.807, 2.05) is 0 Å². The molecule has 2 fully saturated rings. The molecular weight excluding hydrogens is 404 g/mol.